The average Bonchev–Trinajstić information content (AvgIpc) is 3.15. The van der Waals surface area contributed by atoms with Gasteiger partial charge in [-0.05, 0) is 37.0 Å². The first kappa shape index (κ1) is 18.5. The number of methoxy groups -OCH3 is 1. The molecule has 1 aromatic heterocycles. The quantitative estimate of drug-likeness (QED) is 0.762. The van der Waals surface area contributed by atoms with Gasteiger partial charge in [0.1, 0.15) is 11.6 Å². The molecule has 140 valence electrons. The van der Waals surface area contributed by atoms with E-state index >= 15 is 0 Å². The Bertz CT molecular complexity index is 708. The Morgan fingerprint density at radius 1 is 1.31 bits per heavy atom. The highest BCUT2D eigenvalue weighted by atomic mass is 16.5. The van der Waals surface area contributed by atoms with E-state index in [1.54, 1.807) is 7.11 Å². The first-order valence-electron chi connectivity index (χ1n) is 9.63. The van der Waals surface area contributed by atoms with Crippen LogP contribution in [0.15, 0.2) is 36.7 Å². The molecule has 0 N–H and O–H groups in total. The molecule has 5 nitrogen and oxygen atoms in total. The lowest BCUT2D eigenvalue weighted by molar-refractivity contribution is -0.131. The summed E-state index contributed by atoms with van der Waals surface area (Å²) in [6, 6.07) is 7.75. The van der Waals surface area contributed by atoms with Gasteiger partial charge in [-0.1, -0.05) is 25.5 Å². The van der Waals surface area contributed by atoms with Gasteiger partial charge in [-0.3, -0.25) is 4.79 Å². The maximum absolute atomic E-state index is 12.8. The molecule has 1 aliphatic rings. The first-order chi connectivity index (χ1) is 12.7. The van der Waals surface area contributed by atoms with Crippen molar-refractivity contribution >= 4 is 5.91 Å². The number of carbonyl (C=O) groups is 1. The van der Waals surface area contributed by atoms with Crippen molar-refractivity contribution in [1.82, 2.24) is 14.5 Å². The highest BCUT2D eigenvalue weighted by molar-refractivity contribution is 5.79. The Morgan fingerprint density at radius 2 is 2.12 bits per heavy atom. The molecule has 2 heterocycles. The van der Waals surface area contributed by atoms with E-state index in [0.29, 0.717) is 12.3 Å². The molecule has 1 aromatic carbocycles. The van der Waals surface area contributed by atoms with Gasteiger partial charge in [0.05, 0.1) is 13.5 Å². The Kier molecular flexibility index (Phi) is 6.31. The predicted molar refractivity (Wildman–Crippen MR) is 102 cm³/mol. The summed E-state index contributed by atoms with van der Waals surface area (Å²) in [6.45, 7) is 4.85. The first-order valence-corrected chi connectivity index (χ1v) is 9.63. The maximum Gasteiger partial charge on any atom is 0.227 e. The maximum atomic E-state index is 12.8. The van der Waals surface area contributed by atoms with Crippen LogP contribution in [-0.2, 0) is 17.8 Å². The number of ether oxygens (including phenoxy) is 1. The molecule has 1 atom stereocenters. The lowest BCUT2D eigenvalue weighted by Crippen LogP contribution is -2.40. The van der Waals surface area contributed by atoms with Gasteiger partial charge >= 0.3 is 0 Å². The van der Waals surface area contributed by atoms with Crippen molar-refractivity contribution in [2.24, 2.45) is 0 Å². The van der Waals surface area contributed by atoms with Gasteiger partial charge in [0.25, 0.3) is 0 Å². The average molecular weight is 355 g/mol. The number of carbonyl (C=O) groups excluding carboxylic acids is 1. The van der Waals surface area contributed by atoms with Crippen LogP contribution in [0, 0.1) is 0 Å². The molecular weight excluding hydrogens is 326 g/mol. The van der Waals surface area contributed by atoms with Crippen LogP contribution in [0.3, 0.4) is 0 Å². The molecule has 0 unspecified atom stereocenters. The number of rotatable bonds is 7. The molecule has 26 heavy (non-hydrogen) atoms. The number of piperidine rings is 1. The summed E-state index contributed by atoms with van der Waals surface area (Å²) < 4.78 is 7.45. The smallest absolute Gasteiger partial charge is 0.227 e. The summed E-state index contributed by atoms with van der Waals surface area (Å²) in [5, 5.41) is 0. The number of nitrogens with zero attached hydrogens (tertiary/aromatic N) is 3. The van der Waals surface area contributed by atoms with Gasteiger partial charge in [-0.15, -0.1) is 0 Å². The number of unbranched alkanes of at least 4 members (excludes halogenated alkanes) is 1. The molecule has 0 spiro atoms. The Hall–Kier alpha value is -2.30. The number of benzene rings is 1. The molecule has 1 amide bonds. The zero-order valence-electron chi connectivity index (χ0n) is 15.9. The lowest BCUT2D eigenvalue weighted by Gasteiger charge is -2.33. The summed E-state index contributed by atoms with van der Waals surface area (Å²) in [6.07, 6.45) is 8.90. The molecule has 1 saturated heterocycles. The predicted octanol–water partition coefficient (Wildman–Crippen LogP) is 3.64. The Morgan fingerprint density at radius 3 is 2.85 bits per heavy atom. The number of aryl methyl sites for hydroxylation is 1. The second-order valence-corrected chi connectivity index (χ2v) is 7.04. The summed E-state index contributed by atoms with van der Waals surface area (Å²) in [5.41, 5.74) is 1.03. The van der Waals surface area contributed by atoms with E-state index in [1.165, 1.54) is 6.42 Å². The van der Waals surface area contributed by atoms with Crippen LogP contribution in [0.1, 0.15) is 49.9 Å². The van der Waals surface area contributed by atoms with Crippen LogP contribution in [0.5, 0.6) is 5.75 Å². The van der Waals surface area contributed by atoms with Gasteiger partial charge < -0.3 is 14.2 Å². The molecule has 5 heteroatoms. The molecule has 0 bridgehead atoms. The van der Waals surface area contributed by atoms with Crippen molar-refractivity contribution in [3.05, 3.63) is 48.0 Å². The third kappa shape index (κ3) is 4.45. The van der Waals surface area contributed by atoms with Crippen molar-refractivity contribution in [2.45, 2.75) is 51.5 Å². The van der Waals surface area contributed by atoms with E-state index in [1.807, 2.05) is 35.4 Å². The van der Waals surface area contributed by atoms with Crippen LogP contribution >= 0.6 is 0 Å². The molecule has 0 saturated carbocycles. The summed E-state index contributed by atoms with van der Waals surface area (Å²) in [5.74, 6) is 2.50. The molecule has 2 aromatic rings. The van der Waals surface area contributed by atoms with E-state index in [4.69, 9.17) is 4.74 Å². The Labute approximate surface area is 156 Å². The molecular formula is C21H29N3O2. The van der Waals surface area contributed by atoms with E-state index in [-0.39, 0.29) is 5.91 Å². The Balaban J connectivity index is 1.62. The largest absolute Gasteiger partial charge is 0.497 e. The van der Waals surface area contributed by atoms with E-state index < -0.39 is 0 Å². The van der Waals surface area contributed by atoms with Crippen LogP contribution in [0.2, 0.25) is 0 Å². The molecule has 0 aliphatic carbocycles. The fourth-order valence-corrected chi connectivity index (χ4v) is 3.64. The zero-order valence-corrected chi connectivity index (χ0v) is 15.9. The minimum atomic E-state index is 0.200. The number of likely N-dealkylation sites (tertiary alicyclic amines) is 1. The number of imidazole rings is 1. The molecule has 3 rings (SSSR count). The van der Waals surface area contributed by atoms with E-state index in [2.05, 4.69) is 22.7 Å². The highest BCUT2D eigenvalue weighted by Gasteiger charge is 2.27. The summed E-state index contributed by atoms with van der Waals surface area (Å²) in [4.78, 5) is 19.4. The van der Waals surface area contributed by atoms with Crippen LogP contribution in [-0.4, -0.2) is 40.6 Å². The topological polar surface area (TPSA) is 47.4 Å². The fraction of sp³-hybridized carbons (Fsp3) is 0.524. The number of hydrogen-bond donors (Lipinski definition) is 0. The van der Waals surface area contributed by atoms with Gasteiger partial charge in [0.2, 0.25) is 5.91 Å². The third-order valence-corrected chi connectivity index (χ3v) is 5.15. The minimum Gasteiger partial charge on any atom is -0.497 e. The second kappa shape index (κ2) is 8.88. The van der Waals surface area contributed by atoms with Crippen LogP contribution < -0.4 is 4.74 Å². The van der Waals surface area contributed by atoms with E-state index in [9.17, 15) is 4.79 Å². The molecule has 0 radical (unpaired) electrons. The summed E-state index contributed by atoms with van der Waals surface area (Å²) in [7, 11) is 1.65. The van der Waals surface area contributed by atoms with Crippen LogP contribution in [0.4, 0.5) is 0 Å². The summed E-state index contributed by atoms with van der Waals surface area (Å²) >= 11 is 0. The van der Waals surface area contributed by atoms with Crippen molar-refractivity contribution < 1.29 is 9.53 Å². The monoisotopic (exact) mass is 355 g/mol. The van der Waals surface area contributed by atoms with Gasteiger partial charge in [0.15, 0.2) is 0 Å². The molecule has 1 aliphatic heterocycles. The van der Waals surface area contributed by atoms with Gasteiger partial charge in [0, 0.05) is 37.9 Å². The zero-order chi connectivity index (χ0) is 18.4. The standard InChI is InChI=1S/C21H29N3O2/c1-3-4-12-23-14-11-22-21(23)18-6-5-13-24(16-18)20(25)15-17-7-9-19(26-2)10-8-17/h7-11,14,18H,3-6,12-13,15-16H2,1-2H3/t18-/m0/s1. The SMILES string of the molecule is CCCCn1ccnc1[C@H]1CCCN(C(=O)Cc2ccc(OC)cc2)C1. The number of aromatic nitrogens is 2. The molecule has 1 fully saturated rings. The van der Waals surface area contributed by atoms with Crippen molar-refractivity contribution in [1.29, 1.82) is 0 Å². The van der Waals surface area contributed by atoms with Crippen molar-refractivity contribution in [2.75, 3.05) is 20.2 Å². The van der Waals surface area contributed by atoms with Gasteiger partial charge in [-0.2, -0.15) is 0 Å². The fourth-order valence-electron chi connectivity index (χ4n) is 3.64. The van der Waals surface area contributed by atoms with Crippen molar-refractivity contribution in [3.63, 3.8) is 0 Å². The third-order valence-electron chi connectivity index (χ3n) is 5.15. The second-order valence-electron chi connectivity index (χ2n) is 7.04. The van der Waals surface area contributed by atoms with Crippen LogP contribution in [0.25, 0.3) is 0 Å². The van der Waals surface area contributed by atoms with Crippen molar-refractivity contribution in [3.8, 4) is 5.75 Å². The highest BCUT2D eigenvalue weighted by Crippen LogP contribution is 2.26. The lowest BCUT2D eigenvalue weighted by atomic mass is 9.96. The van der Waals surface area contributed by atoms with E-state index in [0.717, 1.165) is 56.0 Å². The number of amides is 1. The van der Waals surface area contributed by atoms with Gasteiger partial charge in [-0.25, -0.2) is 4.98 Å². The number of hydrogen-bond acceptors (Lipinski definition) is 3. The minimum absolute atomic E-state index is 0.200. The normalized spacial score (nSPS) is 17.3.